The van der Waals surface area contributed by atoms with Gasteiger partial charge in [-0.2, -0.15) is 0 Å². The fraction of sp³-hybridized carbons (Fsp3) is 0.333. The third-order valence-corrected chi connectivity index (χ3v) is 3.74. The predicted octanol–water partition coefficient (Wildman–Crippen LogP) is 0.562. The van der Waals surface area contributed by atoms with E-state index >= 15 is 0 Å². The summed E-state index contributed by atoms with van der Waals surface area (Å²) in [6.07, 6.45) is 0.455. The molecule has 6 nitrogen and oxygen atoms in total. The highest BCUT2D eigenvalue weighted by atomic mass is 32.2. The van der Waals surface area contributed by atoms with Crippen LogP contribution in [0.5, 0.6) is 0 Å². The quantitative estimate of drug-likeness (QED) is 0.754. The second-order valence-corrected chi connectivity index (χ2v) is 6.17. The van der Waals surface area contributed by atoms with Crippen LogP contribution in [0.4, 0.5) is 0 Å². The first-order valence-corrected chi connectivity index (χ1v) is 7.45. The Hall–Kier alpha value is -1.89. The molecule has 0 N–H and O–H groups in total. The van der Waals surface area contributed by atoms with E-state index in [2.05, 4.69) is 4.74 Å². The average Bonchev–Trinajstić information content (AvgIpc) is 2.74. The van der Waals surface area contributed by atoms with Crippen LogP contribution in [0.1, 0.15) is 16.8 Å². The summed E-state index contributed by atoms with van der Waals surface area (Å²) < 4.78 is 32.4. The van der Waals surface area contributed by atoms with E-state index in [0.717, 1.165) is 6.26 Å². The first kappa shape index (κ1) is 13.5. The maximum atomic E-state index is 11.8. The molecule has 0 aromatic heterocycles. The lowest BCUT2D eigenvalue weighted by Crippen LogP contribution is -2.22. The van der Waals surface area contributed by atoms with E-state index in [4.69, 9.17) is 4.74 Å². The standard InChI is InChI=1S/C12H12O6S/c1-19(15,16)9-4-2-3-8(7-9)11(13)18-10-5-6-17-12(10)14/h2-4,7,10H,5-6H2,1H3/t10-/m0/s1. The van der Waals surface area contributed by atoms with Gasteiger partial charge in [0.1, 0.15) is 0 Å². The van der Waals surface area contributed by atoms with E-state index in [0.29, 0.717) is 6.42 Å². The highest BCUT2D eigenvalue weighted by molar-refractivity contribution is 7.90. The summed E-state index contributed by atoms with van der Waals surface area (Å²) >= 11 is 0. The summed E-state index contributed by atoms with van der Waals surface area (Å²) in [7, 11) is -3.40. The molecule has 0 radical (unpaired) electrons. The molecule has 1 aliphatic heterocycles. The largest absolute Gasteiger partial charge is 0.463 e. The number of hydrogen-bond acceptors (Lipinski definition) is 6. The van der Waals surface area contributed by atoms with Crippen LogP contribution in [-0.2, 0) is 24.1 Å². The topological polar surface area (TPSA) is 86.7 Å². The molecule has 1 saturated heterocycles. The minimum atomic E-state index is -3.40. The Bertz CT molecular complexity index is 619. The Balaban J connectivity index is 2.18. The summed E-state index contributed by atoms with van der Waals surface area (Å²) in [6, 6.07) is 5.48. The molecular weight excluding hydrogens is 272 g/mol. The summed E-state index contributed by atoms with van der Waals surface area (Å²) in [5, 5.41) is 0. The molecule has 0 bridgehead atoms. The molecule has 1 aromatic carbocycles. The van der Waals surface area contributed by atoms with Crippen molar-refractivity contribution in [3.8, 4) is 0 Å². The highest BCUT2D eigenvalue weighted by Crippen LogP contribution is 2.16. The van der Waals surface area contributed by atoms with Crippen molar-refractivity contribution in [3.63, 3.8) is 0 Å². The van der Waals surface area contributed by atoms with Crippen molar-refractivity contribution in [3.05, 3.63) is 29.8 Å². The zero-order valence-electron chi connectivity index (χ0n) is 10.2. The van der Waals surface area contributed by atoms with Gasteiger partial charge in [0.15, 0.2) is 9.84 Å². The molecule has 1 heterocycles. The third-order valence-electron chi connectivity index (χ3n) is 2.63. The molecule has 0 spiro atoms. The van der Waals surface area contributed by atoms with Gasteiger partial charge in [-0.15, -0.1) is 0 Å². The van der Waals surface area contributed by atoms with E-state index in [9.17, 15) is 18.0 Å². The zero-order valence-corrected chi connectivity index (χ0v) is 11.0. The molecule has 2 rings (SSSR count). The lowest BCUT2D eigenvalue weighted by Gasteiger charge is -2.08. The number of carbonyl (C=O) groups excluding carboxylic acids is 2. The number of hydrogen-bond donors (Lipinski definition) is 0. The van der Waals surface area contributed by atoms with Gasteiger partial charge in [-0.25, -0.2) is 18.0 Å². The molecule has 1 atom stereocenters. The van der Waals surface area contributed by atoms with Gasteiger partial charge in [-0.1, -0.05) is 6.07 Å². The summed E-state index contributed by atoms with van der Waals surface area (Å²) in [6.45, 7) is 0.222. The summed E-state index contributed by atoms with van der Waals surface area (Å²) in [5.74, 6) is -1.32. The number of carbonyl (C=O) groups is 2. The number of cyclic esters (lactones) is 1. The van der Waals surface area contributed by atoms with Gasteiger partial charge in [0.05, 0.1) is 17.1 Å². The maximum Gasteiger partial charge on any atom is 0.347 e. The summed E-state index contributed by atoms with van der Waals surface area (Å²) in [5.41, 5.74) is 0.0858. The lowest BCUT2D eigenvalue weighted by atomic mass is 10.2. The molecule has 7 heteroatoms. The normalized spacial score (nSPS) is 19.0. The Morgan fingerprint density at radius 1 is 1.42 bits per heavy atom. The van der Waals surface area contributed by atoms with E-state index in [1.54, 1.807) is 0 Å². The highest BCUT2D eigenvalue weighted by Gasteiger charge is 2.30. The van der Waals surface area contributed by atoms with E-state index < -0.39 is 27.9 Å². The summed E-state index contributed by atoms with van der Waals surface area (Å²) in [4.78, 5) is 23.0. The fourth-order valence-corrected chi connectivity index (χ4v) is 2.30. The lowest BCUT2D eigenvalue weighted by molar-refractivity contribution is -0.145. The second kappa shape index (κ2) is 5.00. The van der Waals surface area contributed by atoms with Crippen LogP contribution in [0.15, 0.2) is 29.2 Å². The Morgan fingerprint density at radius 3 is 2.74 bits per heavy atom. The van der Waals surface area contributed by atoms with Crippen LogP contribution < -0.4 is 0 Å². The van der Waals surface area contributed by atoms with Crippen molar-refractivity contribution in [2.24, 2.45) is 0 Å². The minimum Gasteiger partial charge on any atom is -0.463 e. The monoisotopic (exact) mass is 284 g/mol. The molecule has 0 unspecified atom stereocenters. The molecule has 1 aromatic rings. The fourth-order valence-electron chi connectivity index (χ4n) is 1.64. The van der Waals surface area contributed by atoms with Gasteiger partial charge in [0.25, 0.3) is 0 Å². The van der Waals surface area contributed by atoms with Crippen LogP contribution in [0.2, 0.25) is 0 Å². The second-order valence-electron chi connectivity index (χ2n) is 4.15. The Morgan fingerprint density at radius 2 is 2.16 bits per heavy atom. The van der Waals surface area contributed by atoms with Crippen molar-refractivity contribution in [2.75, 3.05) is 12.9 Å². The minimum absolute atomic E-state index is 0.0240. The number of benzene rings is 1. The number of esters is 2. The molecular formula is C12H12O6S. The van der Waals surface area contributed by atoms with Gasteiger partial charge in [-0.3, -0.25) is 0 Å². The Labute approximate surface area is 110 Å². The van der Waals surface area contributed by atoms with Crippen LogP contribution in [0.3, 0.4) is 0 Å². The van der Waals surface area contributed by atoms with Gasteiger partial charge in [-0.05, 0) is 18.2 Å². The van der Waals surface area contributed by atoms with Crippen LogP contribution in [0, 0.1) is 0 Å². The zero-order chi connectivity index (χ0) is 14.0. The van der Waals surface area contributed by atoms with Gasteiger partial charge in [0.2, 0.25) is 6.10 Å². The van der Waals surface area contributed by atoms with Crippen LogP contribution in [0.25, 0.3) is 0 Å². The van der Waals surface area contributed by atoms with Gasteiger partial charge < -0.3 is 9.47 Å². The third kappa shape index (κ3) is 3.11. The molecule has 19 heavy (non-hydrogen) atoms. The van der Waals surface area contributed by atoms with Crippen LogP contribution in [-0.4, -0.2) is 39.3 Å². The van der Waals surface area contributed by atoms with E-state index in [1.165, 1.54) is 24.3 Å². The molecule has 0 amide bonds. The van der Waals surface area contributed by atoms with Crippen molar-refractivity contribution < 1.29 is 27.5 Å². The molecule has 102 valence electrons. The molecule has 0 saturated carbocycles. The maximum absolute atomic E-state index is 11.8. The molecule has 1 aliphatic rings. The molecule has 1 fully saturated rings. The van der Waals surface area contributed by atoms with Crippen molar-refractivity contribution in [1.29, 1.82) is 0 Å². The SMILES string of the molecule is CS(=O)(=O)c1cccc(C(=O)O[C@H]2CCOC2=O)c1. The smallest absolute Gasteiger partial charge is 0.347 e. The van der Waals surface area contributed by atoms with E-state index in [1.807, 2.05) is 0 Å². The van der Waals surface area contributed by atoms with E-state index in [-0.39, 0.29) is 17.1 Å². The van der Waals surface area contributed by atoms with Crippen molar-refractivity contribution in [2.45, 2.75) is 17.4 Å². The average molecular weight is 284 g/mol. The first-order valence-electron chi connectivity index (χ1n) is 5.55. The van der Waals surface area contributed by atoms with Gasteiger partial charge >= 0.3 is 11.9 Å². The number of sulfone groups is 1. The number of ether oxygens (including phenoxy) is 2. The van der Waals surface area contributed by atoms with Crippen LogP contribution >= 0.6 is 0 Å². The Kier molecular flexibility index (Phi) is 3.57. The predicted molar refractivity (Wildman–Crippen MR) is 64.3 cm³/mol. The van der Waals surface area contributed by atoms with Crippen molar-refractivity contribution >= 4 is 21.8 Å². The van der Waals surface area contributed by atoms with Gasteiger partial charge in [0, 0.05) is 12.7 Å². The number of rotatable bonds is 3. The van der Waals surface area contributed by atoms with Crippen molar-refractivity contribution in [1.82, 2.24) is 0 Å². The first-order chi connectivity index (χ1) is 8.88. The molecule has 0 aliphatic carbocycles.